The van der Waals surface area contributed by atoms with Gasteiger partial charge in [0.15, 0.2) is 0 Å². The number of aryl methyl sites for hydroxylation is 2. The summed E-state index contributed by atoms with van der Waals surface area (Å²) in [5.74, 6) is 0. The molecule has 0 aliphatic heterocycles. The van der Waals surface area contributed by atoms with Gasteiger partial charge in [-0.1, -0.05) is 6.07 Å². The molecule has 0 aliphatic carbocycles. The molecule has 0 fully saturated rings. The lowest BCUT2D eigenvalue weighted by Gasteiger charge is -2.09. The number of anilines is 1. The van der Waals surface area contributed by atoms with E-state index in [-0.39, 0.29) is 0 Å². The van der Waals surface area contributed by atoms with E-state index in [0.717, 1.165) is 39.8 Å². The van der Waals surface area contributed by atoms with Gasteiger partial charge in [-0.15, -0.1) is 0 Å². The Morgan fingerprint density at radius 2 is 2.10 bits per heavy atom. The minimum atomic E-state index is 0.780. The SMILES string of the molecule is CCn1nc(C)c(Br)c1Cn1ccc2c(N)cccc21. The first kappa shape index (κ1) is 13.2. The number of nitrogen functional groups attached to an aromatic ring is 1. The number of nitrogens with zero attached hydrogens (tertiary/aromatic N) is 3. The zero-order valence-corrected chi connectivity index (χ0v) is 13.2. The number of fused-ring (bicyclic) bond motifs is 1. The van der Waals surface area contributed by atoms with Gasteiger partial charge in [0.1, 0.15) is 0 Å². The molecule has 0 saturated heterocycles. The lowest BCUT2D eigenvalue weighted by atomic mass is 10.2. The van der Waals surface area contributed by atoms with Crippen molar-refractivity contribution in [2.75, 3.05) is 5.73 Å². The topological polar surface area (TPSA) is 48.8 Å². The van der Waals surface area contributed by atoms with Crippen LogP contribution in [0.15, 0.2) is 34.9 Å². The van der Waals surface area contributed by atoms with Gasteiger partial charge in [-0.3, -0.25) is 4.68 Å². The summed E-state index contributed by atoms with van der Waals surface area (Å²) in [6.45, 7) is 5.77. The third kappa shape index (κ3) is 2.02. The van der Waals surface area contributed by atoms with Crippen molar-refractivity contribution in [1.82, 2.24) is 14.3 Å². The fourth-order valence-electron chi connectivity index (χ4n) is 2.57. The Bertz CT molecular complexity index is 770. The smallest absolute Gasteiger partial charge is 0.0739 e. The van der Waals surface area contributed by atoms with Gasteiger partial charge in [0.2, 0.25) is 0 Å². The number of nitrogens with two attached hydrogens (primary N) is 1. The van der Waals surface area contributed by atoms with Crippen molar-refractivity contribution in [3.63, 3.8) is 0 Å². The van der Waals surface area contributed by atoms with Gasteiger partial charge in [-0.25, -0.2) is 0 Å². The Kier molecular flexibility index (Phi) is 3.30. The Morgan fingerprint density at radius 1 is 1.30 bits per heavy atom. The highest BCUT2D eigenvalue weighted by molar-refractivity contribution is 9.10. The van der Waals surface area contributed by atoms with Crippen LogP contribution in [0.4, 0.5) is 5.69 Å². The fourth-order valence-corrected chi connectivity index (χ4v) is 2.98. The van der Waals surface area contributed by atoms with E-state index in [1.165, 1.54) is 5.69 Å². The van der Waals surface area contributed by atoms with Crippen molar-refractivity contribution in [3.8, 4) is 0 Å². The first-order valence-electron chi connectivity index (χ1n) is 6.67. The van der Waals surface area contributed by atoms with E-state index in [1.807, 2.05) is 23.7 Å². The number of aromatic nitrogens is 3. The zero-order valence-electron chi connectivity index (χ0n) is 11.6. The van der Waals surface area contributed by atoms with Crippen LogP contribution in [0.25, 0.3) is 10.9 Å². The molecule has 0 aliphatic rings. The molecule has 0 unspecified atom stereocenters. The van der Waals surface area contributed by atoms with Crippen molar-refractivity contribution in [2.24, 2.45) is 0 Å². The van der Waals surface area contributed by atoms with Crippen molar-refractivity contribution < 1.29 is 0 Å². The van der Waals surface area contributed by atoms with Crippen LogP contribution in [0.1, 0.15) is 18.3 Å². The summed E-state index contributed by atoms with van der Waals surface area (Å²) in [5, 5.41) is 5.64. The number of halogens is 1. The summed E-state index contributed by atoms with van der Waals surface area (Å²) in [5.41, 5.74) is 10.2. The van der Waals surface area contributed by atoms with Crippen LogP contribution in [-0.4, -0.2) is 14.3 Å². The molecule has 2 aromatic heterocycles. The molecule has 104 valence electrons. The quantitative estimate of drug-likeness (QED) is 0.745. The summed E-state index contributed by atoms with van der Waals surface area (Å²) in [6, 6.07) is 8.09. The van der Waals surface area contributed by atoms with E-state index in [2.05, 4.69) is 50.8 Å². The summed E-state index contributed by atoms with van der Waals surface area (Å²) >= 11 is 3.64. The number of hydrogen-bond donors (Lipinski definition) is 1. The van der Waals surface area contributed by atoms with E-state index in [9.17, 15) is 0 Å². The van der Waals surface area contributed by atoms with E-state index in [4.69, 9.17) is 5.73 Å². The van der Waals surface area contributed by atoms with Crippen LogP contribution in [0.5, 0.6) is 0 Å². The number of rotatable bonds is 3. The van der Waals surface area contributed by atoms with Gasteiger partial charge < -0.3 is 10.3 Å². The minimum absolute atomic E-state index is 0.780. The van der Waals surface area contributed by atoms with Gasteiger partial charge in [-0.2, -0.15) is 5.10 Å². The molecule has 1 aromatic carbocycles. The van der Waals surface area contributed by atoms with Crippen LogP contribution in [0.3, 0.4) is 0 Å². The molecular weight excluding hydrogens is 316 g/mol. The zero-order chi connectivity index (χ0) is 14.3. The summed E-state index contributed by atoms with van der Waals surface area (Å²) in [7, 11) is 0. The predicted octanol–water partition coefficient (Wildman–Crippen LogP) is 3.56. The van der Waals surface area contributed by atoms with Crippen LogP contribution in [-0.2, 0) is 13.1 Å². The Balaban J connectivity index is 2.08. The minimum Gasteiger partial charge on any atom is -0.398 e. The first-order valence-corrected chi connectivity index (χ1v) is 7.46. The molecule has 0 amide bonds. The normalized spacial score (nSPS) is 11.3. The second kappa shape index (κ2) is 4.98. The molecule has 20 heavy (non-hydrogen) atoms. The summed E-state index contributed by atoms with van der Waals surface area (Å²) in [4.78, 5) is 0. The average molecular weight is 333 g/mol. The van der Waals surface area contributed by atoms with Gasteiger partial charge >= 0.3 is 0 Å². The van der Waals surface area contributed by atoms with E-state index >= 15 is 0 Å². The third-order valence-corrected chi connectivity index (χ3v) is 4.65. The molecule has 2 N–H and O–H groups in total. The molecular formula is C15H17BrN4. The molecule has 0 atom stereocenters. The molecule has 0 bridgehead atoms. The monoisotopic (exact) mass is 332 g/mol. The molecule has 3 aromatic rings. The molecule has 5 heteroatoms. The average Bonchev–Trinajstić information content (AvgIpc) is 2.96. The first-order chi connectivity index (χ1) is 9.61. The maximum absolute atomic E-state index is 6.01. The maximum Gasteiger partial charge on any atom is 0.0739 e. The number of benzene rings is 1. The van der Waals surface area contributed by atoms with Crippen molar-refractivity contribution in [1.29, 1.82) is 0 Å². The molecule has 2 heterocycles. The van der Waals surface area contributed by atoms with E-state index < -0.39 is 0 Å². The number of hydrogen-bond acceptors (Lipinski definition) is 2. The Morgan fingerprint density at radius 3 is 2.85 bits per heavy atom. The lowest BCUT2D eigenvalue weighted by Crippen LogP contribution is -2.07. The summed E-state index contributed by atoms with van der Waals surface area (Å²) < 4.78 is 5.33. The molecule has 0 saturated carbocycles. The van der Waals surface area contributed by atoms with Gasteiger partial charge in [-0.05, 0) is 48.0 Å². The highest BCUT2D eigenvalue weighted by atomic mass is 79.9. The molecule has 0 spiro atoms. The van der Waals surface area contributed by atoms with Crippen LogP contribution < -0.4 is 5.73 Å². The van der Waals surface area contributed by atoms with E-state index in [0.29, 0.717) is 0 Å². The molecule has 0 radical (unpaired) electrons. The van der Waals surface area contributed by atoms with Crippen LogP contribution in [0, 0.1) is 6.92 Å². The van der Waals surface area contributed by atoms with Crippen molar-refractivity contribution >= 4 is 32.5 Å². The molecule has 4 nitrogen and oxygen atoms in total. The highest BCUT2D eigenvalue weighted by Gasteiger charge is 2.13. The van der Waals surface area contributed by atoms with Gasteiger partial charge in [0, 0.05) is 23.8 Å². The van der Waals surface area contributed by atoms with Crippen molar-refractivity contribution in [2.45, 2.75) is 26.9 Å². The predicted molar refractivity (Wildman–Crippen MR) is 85.8 cm³/mol. The van der Waals surface area contributed by atoms with Gasteiger partial charge in [0.25, 0.3) is 0 Å². The van der Waals surface area contributed by atoms with Gasteiger partial charge in [0.05, 0.1) is 27.9 Å². The van der Waals surface area contributed by atoms with Crippen molar-refractivity contribution in [3.05, 3.63) is 46.3 Å². The second-order valence-electron chi connectivity index (χ2n) is 4.89. The largest absolute Gasteiger partial charge is 0.398 e. The maximum atomic E-state index is 6.01. The van der Waals surface area contributed by atoms with Crippen LogP contribution >= 0.6 is 15.9 Å². The lowest BCUT2D eigenvalue weighted by molar-refractivity contribution is 0.601. The van der Waals surface area contributed by atoms with E-state index in [1.54, 1.807) is 0 Å². The fraction of sp³-hybridized carbons (Fsp3) is 0.267. The van der Waals surface area contributed by atoms with Crippen LogP contribution in [0.2, 0.25) is 0 Å². The standard InChI is InChI=1S/C15H17BrN4/c1-3-20-14(15(16)10(2)18-20)9-19-8-7-11-12(17)5-4-6-13(11)19/h4-8H,3,9,17H2,1-2H3. The molecule has 3 rings (SSSR count). The second-order valence-corrected chi connectivity index (χ2v) is 5.68. The Labute approximate surface area is 126 Å². The summed E-state index contributed by atoms with van der Waals surface area (Å²) in [6.07, 6.45) is 2.08. The highest BCUT2D eigenvalue weighted by Crippen LogP contribution is 2.26. The Hall–Kier alpha value is -1.75. The third-order valence-electron chi connectivity index (χ3n) is 3.62.